The summed E-state index contributed by atoms with van der Waals surface area (Å²) < 4.78 is 98.6. The summed E-state index contributed by atoms with van der Waals surface area (Å²) in [5.41, 5.74) is -4.19. The SMILES string of the molecule is CCc1ccc2c(c1)CCC(CC)N2S(=O)(=O)c1ccc(OS(=O)(=O)C(F)(F)F)c(C(=O)OC)c1. The summed E-state index contributed by atoms with van der Waals surface area (Å²) in [4.78, 5) is 11.8. The lowest BCUT2D eigenvalue weighted by Gasteiger charge is -2.37. The average Bonchev–Trinajstić information content (AvgIpc) is 2.81. The maximum Gasteiger partial charge on any atom is 0.534 e. The number of esters is 1. The number of hydrogen-bond donors (Lipinski definition) is 0. The molecule has 0 fully saturated rings. The minimum absolute atomic E-state index is 0.400. The summed E-state index contributed by atoms with van der Waals surface area (Å²) >= 11 is 0. The Hall–Kier alpha value is -2.80. The summed E-state index contributed by atoms with van der Waals surface area (Å²) in [6, 6.07) is 7.40. The van der Waals surface area contributed by atoms with Gasteiger partial charge in [0.05, 0.1) is 17.7 Å². The molecule has 35 heavy (non-hydrogen) atoms. The fourth-order valence-corrected chi connectivity index (χ4v) is 6.19. The van der Waals surface area contributed by atoms with Gasteiger partial charge in [-0.2, -0.15) is 21.6 Å². The van der Waals surface area contributed by atoms with E-state index in [2.05, 4.69) is 8.92 Å². The first-order valence-electron chi connectivity index (χ1n) is 10.7. The molecule has 192 valence electrons. The van der Waals surface area contributed by atoms with Gasteiger partial charge in [0.15, 0.2) is 5.75 Å². The minimum Gasteiger partial charge on any atom is -0.465 e. The number of aryl methyl sites for hydroxylation is 2. The van der Waals surface area contributed by atoms with Crippen LogP contribution in [-0.4, -0.2) is 41.5 Å². The second-order valence-electron chi connectivity index (χ2n) is 7.85. The molecular formula is C22H24F3NO7S2. The molecule has 1 aliphatic heterocycles. The van der Waals surface area contributed by atoms with Gasteiger partial charge in [0.2, 0.25) is 0 Å². The number of carbonyl (C=O) groups excluding carboxylic acids is 1. The smallest absolute Gasteiger partial charge is 0.465 e. The maximum atomic E-state index is 13.7. The van der Waals surface area contributed by atoms with Gasteiger partial charge in [-0.1, -0.05) is 26.0 Å². The second kappa shape index (κ2) is 9.69. The van der Waals surface area contributed by atoms with Crippen LogP contribution in [0.25, 0.3) is 0 Å². The lowest BCUT2D eigenvalue weighted by Crippen LogP contribution is -2.43. The van der Waals surface area contributed by atoms with Crippen LogP contribution in [0.5, 0.6) is 5.75 Å². The van der Waals surface area contributed by atoms with Crippen molar-refractivity contribution in [3.63, 3.8) is 0 Å². The summed E-state index contributed by atoms with van der Waals surface area (Å²) in [6.45, 7) is 3.81. The van der Waals surface area contributed by atoms with Gasteiger partial charge in [0.1, 0.15) is 5.56 Å². The van der Waals surface area contributed by atoms with Crippen LogP contribution >= 0.6 is 0 Å². The molecule has 0 spiro atoms. The number of methoxy groups -OCH3 is 1. The van der Waals surface area contributed by atoms with Crippen LogP contribution in [0.4, 0.5) is 18.9 Å². The monoisotopic (exact) mass is 535 g/mol. The van der Waals surface area contributed by atoms with Crippen molar-refractivity contribution in [2.24, 2.45) is 0 Å². The summed E-state index contributed by atoms with van der Waals surface area (Å²) in [5, 5.41) is 0. The Morgan fingerprint density at radius 2 is 1.77 bits per heavy atom. The van der Waals surface area contributed by atoms with Crippen molar-refractivity contribution in [3.05, 3.63) is 53.1 Å². The van der Waals surface area contributed by atoms with Crippen LogP contribution in [-0.2, 0) is 37.7 Å². The number of nitrogens with zero attached hydrogens (tertiary/aromatic N) is 1. The third-order valence-electron chi connectivity index (χ3n) is 5.74. The Labute approximate surface area is 201 Å². The van der Waals surface area contributed by atoms with Crippen LogP contribution in [0, 0.1) is 0 Å². The quantitative estimate of drug-likeness (QED) is 0.297. The van der Waals surface area contributed by atoms with Gasteiger partial charge in [-0.3, -0.25) is 4.31 Å². The van der Waals surface area contributed by atoms with Crippen LogP contribution in [0.2, 0.25) is 0 Å². The predicted octanol–water partition coefficient (Wildman–Crippen LogP) is 4.18. The first-order valence-corrected chi connectivity index (χ1v) is 13.5. The molecule has 0 aromatic heterocycles. The molecule has 1 aliphatic rings. The van der Waals surface area contributed by atoms with E-state index < -0.39 is 53.9 Å². The Bertz CT molecular complexity index is 1340. The summed E-state index contributed by atoms with van der Waals surface area (Å²) in [5.74, 6) is -2.28. The first kappa shape index (κ1) is 26.8. The topological polar surface area (TPSA) is 107 Å². The van der Waals surface area contributed by atoms with Crippen molar-refractivity contribution in [1.82, 2.24) is 0 Å². The first-order chi connectivity index (χ1) is 16.3. The third-order valence-corrected chi connectivity index (χ3v) is 8.56. The third kappa shape index (κ3) is 5.10. The molecule has 2 aromatic rings. The van der Waals surface area contributed by atoms with Crippen molar-refractivity contribution >= 4 is 31.8 Å². The fourth-order valence-electron chi connectivity index (χ4n) is 3.90. The molecule has 0 saturated heterocycles. The lowest BCUT2D eigenvalue weighted by atomic mass is 9.94. The maximum absolute atomic E-state index is 13.7. The van der Waals surface area contributed by atoms with E-state index in [0.717, 1.165) is 36.8 Å². The standard InChI is InChI=1S/C22H24F3NO7S2/c1-4-14-6-10-19-15(12-14)7-8-16(5-2)26(19)34(28,29)17-9-11-20(18(13-17)21(27)32-3)33-35(30,31)22(23,24)25/h6,9-13,16H,4-5,7-8H2,1-3H3. The number of ether oxygens (including phenoxy) is 1. The number of fused-ring (bicyclic) bond motifs is 1. The van der Waals surface area contributed by atoms with E-state index in [0.29, 0.717) is 31.0 Å². The molecule has 1 atom stereocenters. The zero-order valence-corrected chi connectivity index (χ0v) is 20.8. The highest BCUT2D eigenvalue weighted by atomic mass is 32.2. The van der Waals surface area contributed by atoms with Crippen molar-refractivity contribution in [3.8, 4) is 5.75 Å². The molecule has 0 amide bonds. The molecule has 1 heterocycles. The van der Waals surface area contributed by atoms with Gasteiger partial charge in [0.25, 0.3) is 10.0 Å². The molecule has 0 N–H and O–H groups in total. The number of rotatable bonds is 7. The zero-order chi connectivity index (χ0) is 26.2. The Kier molecular flexibility index (Phi) is 7.42. The molecule has 1 unspecified atom stereocenters. The number of carbonyl (C=O) groups is 1. The number of hydrogen-bond acceptors (Lipinski definition) is 7. The van der Waals surface area contributed by atoms with Crippen LogP contribution in [0.15, 0.2) is 41.3 Å². The van der Waals surface area contributed by atoms with Gasteiger partial charge in [-0.15, -0.1) is 0 Å². The summed E-state index contributed by atoms with van der Waals surface area (Å²) in [7, 11) is -9.51. The molecule has 3 rings (SSSR count). The number of alkyl halides is 3. The van der Waals surface area contributed by atoms with Crippen molar-refractivity contribution in [2.75, 3.05) is 11.4 Å². The van der Waals surface area contributed by atoms with Crippen LogP contribution in [0.1, 0.15) is 48.2 Å². The van der Waals surface area contributed by atoms with Crippen molar-refractivity contribution < 1.29 is 43.7 Å². The molecule has 8 nitrogen and oxygen atoms in total. The Morgan fingerprint density at radius 1 is 1.09 bits per heavy atom. The molecule has 0 aliphatic carbocycles. The normalized spacial score (nSPS) is 16.5. The van der Waals surface area contributed by atoms with Crippen molar-refractivity contribution in [1.29, 1.82) is 0 Å². The number of sulfonamides is 1. The number of anilines is 1. The van der Waals surface area contributed by atoms with Crippen LogP contribution in [0.3, 0.4) is 0 Å². The Balaban J connectivity index is 2.14. The average molecular weight is 536 g/mol. The van der Waals surface area contributed by atoms with Gasteiger partial charge in [-0.25, -0.2) is 13.2 Å². The molecule has 0 bridgehead atoms. The highest BCUT2D eigenvalue weighted by molar-refractivity contribution is 7.92. The largest absolute Gasteiger partial charge is 0.534 e. The van der Waals surface area contributed by atoms with Gasteiger partial charge in [-0.05, 0) is 61.1 Å². The molecule has 0 saturated carbocycles. The van der Waals surface area contributed by atoms with Gasteiger partial charge in [0, 0.05) is 6.04 Å². The predicted molar refractivity (Wildman–Crippen MR) is 121 cm³/mol. The van der Waals surface area contributed by atoms with E-state index in [-0.39, 0.29) is 0 Å². The highest BCUT2D eigenvalue weighted by Gasteiger charge is 2.49. The molecule has 0 radical (unpaired) electrons. The zero-order valence-electron chi connectivity index (χ0n) is 19.1. The lowest BCUT2D eigenvalue weighted by molar-refractivity contribution is -0.0500. The van der Waals surface area contributed by atoms with E-state index in [4.69, 9.17) is 0 Å². The fraction of sp³-hybridized carbons (Fsp3) is 0.409. The van der Waals surface area contributed by atoms with Gasteiger partial charge < -0.3 is 8.92 Å². The molecule has 13 heteroatoms. The van der Waals surface area contributed by atoms with E-state index in [9.17, 15) is 34.8 Å². The van der Waals surface area contributed by atoms with Gasteiger partial charge >= 0.3 is 21.6 Å². The summed E-state index contributed by atoms with van der Waals surface area (Å²) in [6.07, 6.45) is 2.47. The number of benzene rings is 2. The number of halogens is 3. The van der Waals surface area contributed by atoms with E-state index in [1.165, 1.54) is 4.31 Å². The van der Waals surface area contributed by atoms with E-state index >= 15 is 0 Å². The Morgan fingerprint density at radius 3 is 2.34 bits per heavy atom. The second-order valence-corrected chi connectivity index (χ2v) is 11.2. The molecular weight excluding hydrogens is 511 g/mol. The van der Waals surface area contributed by atoms with Crippen molar-refractivity contribution in [2.45, 2.75) is 56.0 Å². The van der Waals surface area contributed by atoms with E-state index in [1.54, 1.807) is 6.07 Å². The minimum atomic E-state index is -6.11. The van der Waals surface area contributed by atoms with Crippen LogP contribution < -0.4 is 8.49 Å². The molecule has 2 aromatic carbocycles. The highest BCUT2D eigenvalue weighted by Crippen LogP contribution is 2.38. The van der Waals surface area contributed by atoms with E-state index in [1.807, 2.05) is 26.0 Å².